The molecule has 0 saturated carbocycles. The summed E-state index contributed by atoms with van der Waals surface area (Å²) in [6, 6.07) is 4.40. The van der Waals surface area contributed by atoms with E-state index in [-0.39, 0.29) is 5.84 Å². The number of nitriles is 2. The van der Waals surface area contributed by atoms with Crippen molar-refractivity contribution < 1.29 is 9.47 Å². The SMILES string of the molecule is COC1(OC)N=C(N)[C@]2(C#N)CC(C)=CC[C@]12C#N. The number of fused-ring (bicyclic) bond motifs is 1. The lowest BCUT2D eigenvalue weighted by Gasteiger charge is -2.44. The molecule has 2 atom stereocenters. The van der Waals surface area contributed by atoms with Gasteiger partial charge in [-0.25, -0.2) is 4.99 Å². The molecular weight excluding hydrogens is 244 g/mol. The van der Waals surface area contributed by atoms with Crippen molar-refractivity contribution in [2.24, 2.45) is 21.6 Å². The van der Waals surface area contributed by atoms with E-state index in [1.54, 1.807) is 0 Å². The van der Waals surface area contributed by atoms with E-state index in [1.807, 2.05) is 13.0 Å². The molecule has 0 fully saturated rings. The Morgan fingerprint density at radius 2 is 1.95 bits per heavy atom. The summed E-state index contributed by atoms with van der Waals surface area (Å²) >= 11 is 0. The first kappa shape index (κ1) is 13.5. The van der Waals surface area contributed by atoms with Gasteiger partial charge in [0.25, 0.3) is 5.91 Å². The van der Waals surface area contributed by atoms with E-state index < -0.39 is 16.7 Å². The average Bonchev–Trinajstić information content (AvgIpc) is 2.65. The van der Waals surface area contributed by atoms with E-state index in [0.717, 1.165) is 5.57 Å². The number of allylic oxidation sites excluding steroid dienone is 2. The molecule has 0 aromatic heterocycles. The van der Waals surface area contributed by atoms with Gasteiger partial charge in [0.05, 0.1) is 12.1 Å². The van der Waals surface area contributed by atoms with Crippen LogP contribution in [0.15, 0.2) is 16.6 Å². The molecule has 19 heavy (non-hydrogen) atoms. The fourth-order valence-corrected chi connectivity index (χ4v) is 3.13. The van der Waals surface area contributed by atoms with Crippen LogP contribution >= 0.6 is 0 Å². The number of methoxy groups -OCH3 is 2. The number of aliphatic imine (C=N–C) groups is 1. The summed E-state index contributed by atoms with van der Waals surface area (Å²) in [5.74, 6) is -1.42. The van der Waals surface area contributed by atoms with Crippen LogP contribution in [0.25, 0.3) is 0 Å². The van der Waals surface area contributed by atoms with Gasteiger partial charge in [-0.3, -0.25) is 0 Å². The van der Waals surface area contributed by atoms with Gasteiger partial charge < -0.3 is 15.2 Å². The van der Waals surface area contributed by atoms with E-state index in [9.17, 15) is 10.5 Å². The van der Waals surface area contributed by atoms with E-state index in [2.05, 4.69) is 17.1 Å². The quantitative estimate of drug-likeness (QED) is 0.590. The summed E-state index contributed by atoms with van der Waals surface area (Å²) in [4.78, 5) is 4.19. The Morgan fingerprint density at radius 1 is 1.32 bits per heavy atom. The molecule has 0 radical (unpaired) electrons. The Balaban J connectivity index is 2.77. The molecule has 0 aromatic carbocycles. The third-order valence-corrected chi connectivity index (χ3v) is 4.21. The van der Waals surface area contributed by atoms with Crippen LogP contribution in [0.4, 0.5) is 0 Å². The number of hydrogen-bond donors (Lipinski definition) is 1. The van der Waals surface area contributed by atoms with Gasteiger partial charge in [0, 0.05) is 14.2 Å². The van der Waals surface area contributed by atoms with Crippen LogP contribution < -0.4 is 5.73 Å². The predicted octanol–water partition coefficient (Wildman–Crippen LogP) is 1.06. The lowest BCUT2D eigenvalue weighted by atomic mass is 9.57. The van der Waals surface area contributed by atoms with Gasteiger partial charge in [0.1, 0.15) is 11.3 Å². The topological polar surface area (TPSA) is 104 Å². The Labute approximate surface area is 112 Å². The molecule has 1 aliphatic heterocycles. The molecule has 6 heteroatoms. The Hall–Kier alpha value is -1.89. The molecule has 6 nitrogen and oxygen atoms in total. The first-order valence-corrected chi connectivity index (χ1v) is 5.92. The highest BCUT2D eigenvalue weighted by molar-refractivity contribution is 5.94. The first-order chi connectivity index (χ1) is 8.97. The van der Waals surface area contributed by atoms with E-state index in [0.29, 0.717) is 12.8 Å². The van der Waals surface area contributed by atoms with Gasteiger partial charge >= 0.3 is 0 Å². The zero-order valence-electron chi connectivity index (χ0n) is 11.2. The largest absolute Gasteiger partial charge is 0.386 e. The third kappa shape index (κ3) is 1.28. The maximum absolute atomic E-state index is 9.73. The maximum Gasteiger partial charge on any atom is 0.292 e. The van der Waals surface area contributed by atoms with Gasteiger partial charge in [-0.05, 0) is 19.8 Å². The van der Waals surface area contributed by atoms with Crippen molar-refractivity contribution in [2.75, 3.05) is 14.2 Å². The van der Waals surface area contributed by atoms with Crippen molar-refractivity contribution in [3.05, 3.63) is 11.6 Å². The number of hydrogen-bond acceptors (Lipinski definition) is 6. The van der Waals surface area contributed by atoms with E-state index >= 15 is 0 Å². The summed E-state index contributed by atoms with van der Waals surface area (Å²) < 4.78 is 10.7. The minimum atomic E-state index is -1.53. The maximum atomic E-state index is 9.73. The average molecular weight is 260 g/mol. The highest BCUT2D eigenvalue weighted by atomic mass is 16.7. The second kappa shape index (κ2) is 4.06. The van der Waals surface area contributed by atoms with Crippen LogP contribution in [-0.4, -0.2) is 26.0 Å². The summed E-state index contributed by atoms with van der Waals surface area (Å²) in [5, 5.41) is 19.4. The standard InChI is InChI=1S/C13H16N4O2/c1-9-4-5-12(8-15)11(6-9,7-14)10(16)17-13(12,18-2)19-3/h4H,5-6H2,1-3H3,(H2,16,17)/t11-,12-/m1/s1. The lowest BCUT2D eigenvalue weighted by molar-refractivity contribution is -0.260. The summed E-state index contributed by atoms with van der Waals surface area (Å²) in [7, 11) is 2.80. The Bertz CT molecular complexity index is 550. The predicted molar refractivity (Wildman–Crippen MR) is 67.5 cm³/mol. The molecule has 0 amide bonds. The molecule has 0 bridgehead atoms. The van der Waals surface area contributed by atoms with Gasteiger partial charge in [0.2, 0.25) is 0 Å². The minimum absolute atomic E-state index is 0.104. The van der Waals surface area contributed by atoms with Crippen LogP contribution in [0, 0.1) is 33.5 Å². The monoisotopic (exact) mass is 260 g/mol. The first-order valence-electron chi connectivity index (χ1n) is 5.92. The molecular formula is C13H16N4O2. The normalized spacial score (nSPS) is 35.6. The highest BCUT2D eigenvalue weighted by Gasteiger charge is 2.73. The number of rotatable bonds is 2. The van der Waals surface area contributed by atoms with Crippen LogP contribution in [0.1, 0.15) is 19.8 Å². The molecule has 100 valence electrons. The zero-order valence-corrected chi connectivity index (χ0v) is 11.2. The molecule has 1 heterocycles. The fraction of sp³-hybridized carbons (Fsp3) is 0.615. The summed E-state index contributed by atoms with van der Waals surface area (Å²) in [6.45, 7) is 1.91. The minimum Gasteiger partial charge on any atom is -0.386 e. The third-order valence-electron chi connectivity index (χ3n) is 4.21. The van der Waals surface area contributed by atoms with Crippen LogP contribution in [0.3, 0.4) is 0 Å². The highest BCUT2D eigenvalue weighted by Crippen LogP contribution is 2.61. The second-order valence-electron chi connectivity index (χ2n) is 4.95. The molecule has 0 unspecified atom stereocenters. The Morgan fingerprint density at radius 3 is 2.42 bits per heavy atom. The van der Waals surface area contributed by atoms with Gasteiger partial charge in [-0.1, -0.05) is 11.6 Å². The van der Waals surface area contributed by atoms with Gasteiger partial charge in [-0.15, -0.1) is 0 Å². The molecule has 2 N–H and O–H groups in total. The van der Waals surface area contributed by atoms with Crippen molar-refractivity contribution >= 4 is 5.84 Å². The number of amidine groups is 1. The Kier molecular flexibility index (Phi) is 2.89. The van der Waals surface area contributed by atoms with Crippen molar-refractivity contribution in [1.29, 1.82) is 10.5 Å². The molecule has 1 aliphatic carbocycles. The van der Waals surface area contributed by atoms with Crippen LogP contribution in [0.2, 0.25) is 0 Å². The number of nitrogens with two attached hydrogens (primary N) is 1. The lowest BCUT2D eigenvalue weighted by Crippen LogP contribution is -2.57. The fourth-order valence-electron chi connectivity index (χ4n) is 3.13. The van der Waals surface area contributed by atoms with Crippen molar-refractivity contribution in [3.63, 3.8) is 0 Å². The van der Waals surface area contributed by atoms with Crippen molar-refractivity contribution in [1.82, 2.24) is 0 Å². The van der Waals surface area contributed by atoms with Crippen LogP contribution in [-0.2, 0) is 9.47 Å². The van der Waals surface area contributed by atoms with Crippen LogP contribution in [0.5, 0.6) is 0 Å². The molecule has 0 saturated heterocycles. The van der Waals surface area contributed by atoms with Crippen molar-refractivity contribution in [3.8, 4) is 12.1 Å². The van der Waals surface area contributed by atoms with Gasteiger partial charge in [0.15, 0.2) is 5.41 Å². The molecule has 0 spiro atoms. The molecule has 0 aromatic rings. The van der Waals surface area contributed by atoms with Gasteiger partial charge in [-0.2, -0.15) is 10.5 Å². The van der Waals surface area contributed by atoms with Crippen molar-refractivity contribution in [2.45, 2.75) is 25.7 Å². The summed E-state index contributed by atoms with van der Waals surface area (Å²) in [6.07, 6.45) is 2.59. The number of ether oxygens (including phenoxy) is 2. The smallest absolute Gasteiger partial charge is 0.292 e. The molecule has 2 rings (SSSR count). The van der Waals surface area contributed by atoms with E-state index in [4.69, 9.17) is 15.2 Å². The summed E-state index contributed by atoms with van der Waals surface area (Å²) in [5.41, 5.74) is 4.52. The van der Waals surface area contributed by atoms with E-state index in [1.165, 1.54) is 14.2 Å². The second-order valence-corrected chi connectivity index (χ2v) is 4.95. The number of nitrogens with zero attached hydrogens (tertiary/aromatic N) is 3. The zero-order chi connectivity index (χ0) is 14.3. The molecule has 2 aliphatic rings.